The van der Waals surface area contributed by atoms with Crippen molar-refractivity contribution in [2.45, 2.75) is 13.0 Å². The standard InChI is InChI=1S/C14H19N3O3/c1-16(2)6-7-17-12-5-4-10(20-3)8-11(12)15-13(17)9-14(18)19/h4-5,8H,6-7,9H2,1-3H3,(H,18,19). The molecule has 0 amide bonds. The fourth-order valence-corrected chi connectivity index (χ4v) is 2.11. The van der Waals surface area contributed by atoms with Gasteiger partial charge in [-0.25, -0.2) is 4.98 Å². The van der Waals surface area contributed by atoms with E-state index in [0.29, 0.717) is 12.4 Å². The van der Waals surface area contributed by atoms with Crippen molar-refractivity contribution < 1.29 is 14.6 Å². The summed E-state index contributed by atoms with van der Waals surface area (Å²) in [7, 11) is 5.57. The molecule has 1 N–H and O–H groups in total. The van der Waals surface area contributed by atoms with Gasteiger partial charge in [-0.05, 0) is 26.2 Å². The second-order valence-corrected chi connectivity index (χ2v) is 4.91. The van der Waals surface area contributed by atoms with Gasteiger partial charge in [-0.1, -0.05) is 0 Å². The first-order valence-corrected chi connectivity index (χ1v) is 6.41. The highest BCUT2D eigenvalue weighted by Gasteiger charge is 2.14. The molecule has 2 rings (SSSR count). The molecule has 0 spiro atoms. The minimum atomic E-state index is -0.877. The third kappa shape index (κ3) is 3.08. The number of aromatic nitrogens is 2. The van der Waals surface area contributed by atoms with Crippen LogP contribution in [-0.2, 0) is 17.8 Å². The van der Waals surface area contributed by atoms with Crippen LogP contribution in [0.4, 0.5) is 0 Å². The number of carbonyl (C=O) groups is 1. The van der Waals surface area contributed by atoms with Crippen LogP contribution in [0.5, 0.6) is 5.75 Å². The van der Waals surface area contributed by atoms with E-state index in [1.165, 1.54) is 0 Å². The van der Waals surface area contributed by atoms with Crippen LogP contribution < -0.4 is 4.74 Å². The van der Waals surface area contributed by atoms with E-state index in [4.69, 9.17) is 9.84 Å². The Balaban J connectivity index is 2.45. The minimum Gasteiger partial charge on any atom is -0.497 e. The van der Waals surface area contributed by atoms with Crippen molar-refractivity contribution in [2.24, 2.45) is 0 Å². The molecule has 0 bridgehead atoms. The van der Waals surface area contributed by atoms with Crippen LogP contribution in [0.1, 0.15) is 5.82 Å². The van der Waals surface area contributed by atoms with E-state index in [9.17, 15) is 4.79 Å². The van der Waals surface area contributed by atoms with Crippen molar-refractivity contribution in [1.82, 2.24) is 14.5 Å². The van der Waals surface area contributed by atoms with E-state index in [-0.39, 0.29) is 6.42 Å². The number of carboxylic acids is 1. The number of likely N-dealkylation sites (N-methyl/N-ethyl adjacent to an activating group) is 1. The Hall–Kier alpha value is -2.08. The molecule has 20 heavy (non-hydrogen) atoms. The second-order valence-electron chi connectivity index (χ2n) is 4.91. The summed E-state index contributed by atoms with van der Waals surface area (Å²) < 4.78 is 7.14. The summed E-state index contributed by atoms with van der Waals surface area (Å²) in [4.78, 5) is 17.4. The highest BCUT2D eigenvalue weighted by Crippen LogP contribution is 2.22. The maximum absolute atomic E-state index is 11.0. The molecule has 0 atom stereocenters. The van der Waals surface area contributed by atoms with E-state index in [0.717, 1.165) is 23.3 Å². The number of ether oxygens (including phenoxy) is 1. The minimum absolute atomic E-state index is 0.0789. The van der Waals surface area contributed by atoms with E-state index < -0.39 is 5.97 Å². The summed E-state index contributed by atoms with van der Waals surface area (Å²) in [5.41, 5.74) is 1.70. The van der Waals surface area contributed by atoms with E-state index in [1.54, 1.807) is 7.11 Å². The molecule has 0 unspecified atom stereocenters. The Morgan fingerprint density at radius 2 is 2.20 bits per heavy atom. The zero-order chi connectivity index (χ0) is 14.7. The quantitative estimate of drug-likeness (QED) is 0.860. The van der Waals surface area contributed by atoms with Gasteiger partial charge in [-0.2, -0.15) is 0 Å². The molecule has 1 aromatic carbocycles. The first kappa shape index (κ1) is 14.3. The molecule has 1 heterocycles. The first-order valence-electron chi connectivity index (χ1n) is 6.41. The summed E-state index contributed by atoms with van der Waals surface area (Å²) in [6.45, 7) is 1.53. The largest absolute Gasteiger partial charge is 0.497 e. The molecule has 0 saturated heterocycles. The molecule has 2 aromatic rings. The maximum Gasteiger partial charge on any atom is 0.311 e. The van der Waals surface area contributed by atoms with Gasteiger partial charge in [0.2, 0.25) is 0 Å². The molecule has 0 fully saturated rings. The topological polar surface area (TPSA) is 67.6 Å². The smallest absolute Gasteiger partial charge is 0.311 e. The zero-order valence-corrected chi connectivity index (χ0v) is 12.0. The Labute approximate surface area is 117 Å². The number of benzene rings is 1. The third-order valence-electron chi connectivity index (χ3n) is 3.11. The van der Waals surface area contributed by atoms with Crippen LogP contribution in [0.25, 0.3) is 11.0 Å². The number of fused-ring (bicyclic) bond motifs is 1. The lowest BCUT2D eigenvalue weighted by molar-refractivity contribution is -0.136. The Morgan fingerprint density at radius 1 is 1.45 bits per heavy atom. The van der Waals surface area contributed by atoms with Gasteiger partial charge >= 0.3 is 5.97 Å². The Morgan fingerprint density at radius 3 is 2.80 bits per heavy atom. The molecule has 0 aliphatic heterocycles. The molecule has 1 aromatic heterocycles. The van der Waals surface area contributed by atoms with Gasteiger partial charge in [0.25, 0.3) is 0 Å². The summed E-state index contributed by atoms with van der Waals surface area (Å²) in [5, 5.41) is 9.01. The molecule has 0 aliphatic rings. The maximum atomic E-state index is 11.0. The average Bonchev–Trinajstić information content (AvgIpc) is 2.71. The lowest BCUT2D eigenvalue weighted by Gasteiger charge is -2.12. The van der Waals surface area contributed by atoms with E-state index in [1.807, 2.05) is 36.9 Å². The van der Waals surface area contributed by atoms with Crippen LogP contribution in [0.3, 0.4) is 0 Å². The first-order chi connectivity index (χ1) is 9.51. The van der Waals surface area contributed by atoms with Crippen LogP contribution in [0.15, 0.2) is 18.2 Å². The molecule has 6 heteroatoms. The molecule has 108 valence electrons. The van der Waals surface area contributed by atoms with Crippen molar-refractivity contribution in [3.8, 4) is 5.75 Å². The van der Waals surface area contributed by atoms with Crippen LogP contribution >= 0.6 is 0 Å². The Bertz CT molecular complexity index is 619. The van der Waals surface area contributed by atoms with Crippen molar-refractivity contribution in [3.05, 3.63) is 24.0 Å². The van der Waals surface area contributed by atoms with E-state index >= 15 is 0 Å². The summed E-state index contributed by atoms with van der Waals surface area (Å²) in [5.74, 6) is 0.414. The van der Waals surface area contributed by atoms with Gasteiger partial charge in [0, 0.05) is 19.2 Å². The van der Waals surface area contributed by atoms with Gasteiger partial charge in [0.1, 0.15) is 18.0 Å². The lowest BCUT2D eigenvalue weighted by atomic mass is 10.3. The van der Waals surface area contributed by atoms with Crippen molar-refractivity contribution in [3.63, 3.8) is 0 Å². The zero-order valence-electron chi connectivity index (χ0n) is 12.0. The number of hydrogen-bond donors (Lipinski definition) is 1. The molecule has 0 radical (unpaired) electrons. The number of hydrogen-bond acceptors (Lipinski definition) is 4. The number of nitrogens with zero attached hydrogens (tertiary/aromatic N) is 3. The van der Waals surface area contributed by atoms with Gasteiger partial charge in [0.05, 0.1) is 18.1 Å². The van der Waals surface area contributed by atoms with Crippen LogP contribution in [0, 0.1) is 0 Å². The van der Waals surface area contributed by atoms with Crippen molar-refractivity contribution in [1.29, 1.82) is 0 Å². The number of aliphatic carboxylic acids is 1. The predicted molar refractivity (Wildman–Crippen MR) is 76.2 cm³/mol. The van der Waals surface area contributed by atoms with Gasteiger partial charge < -0.3 is 19.3 Å². The molecule has 0 saturated carbocycles. The second kappa shape index (κ2) is 5.92. The highest BCUT2D eigenvalue weighted by atomic mass is 16.5. The number of carboxylic acid groups (broad SMARTS) is 1. The SMILES string of the molecule is COc1ccc2c(c1)nc(CC(=O)O)n2CCN(C)C. The number of methoxy groups -OCH3 is 1. The van der Waals surface area contributed by atoms with Crippen molar-refractivity contribution in [2.75, 3.05) is 27.7 Å². The number of rotatable bonds is 6. The molecule has 0 aliphatic carbocycles. The van der Waals surface area contributed by atoms with Crippen LogP contribution in [-0.4, -0.2) is 53.3 Å². The molecular formula is C14H19N3O3. The summed E-state index contributed by atoms with van der Waals surface area (Å²) in [6, 6.07) is 5.61. The Kier molecular flexibility index (Phi) is 4.24. The fourth-order valence-electron chi connectivity index (χ4n) is 2.11. The lowest BCUT2D eigenvalue weighted by Crippen LogP contribution is -2.20. The van der Waals surface area contributed by atoms with Gasteiger partial charge in [-0.3, -0.25) is 4.79 Å². The van der Waals surface area contributed by atoms with Gasteiger partial charge in [0.15, 0.2) is 0 Å². The normalized spacial score (nSPS) is 11.2. The summed E-state index contributed by atoms with van der Waals surface area (Å²) >= 11 is 0. The summed E-state index contributed by atoms with van der Waals surface area (Å²) in [6.07, 6.45) is -0.0789. The van der Waals surface area contributed by atoms with Crippen LogP contribution in [0.2, 0.25) is 0 Å². The fraction of sp³-hybridized carbons (Fsp3) is 0.429. The molecular weight excluding hydrogens is 258 g/mol. The third-order valence-corrected chi connectivity index (χ3v) is 3.11. The van der Waals surface area contributed by atoms with E-state index in [2.05, 4.69) is 9.88 Å². The predicted octanol–water partition coefficient (Wildman–Crippen LogP) is 1.23. The monoisotopic (exact) mass is 277 g/mol. The van der Waals surface area contributed by atoms with Gasteiger partial charge in [-0.15, -0.1) is 0 Å². The average molecular weight is 277 g/mol. The molecule has 6 nitrogen and oxygen atoms in total. The highest BCUT2D eigenvalue weighted by molar-refractivity contribution is 5.79. The van der Waals surface area contributed by atoms with Crippen molar-refractivity contribution >= 4 is 17.0 Å². The number of imidazole rings is 1.